The Bertz CT molecular complexity index is 604. The van der Waals surface area contributed by atoms with Crippen LogP contribution in [0.1, 0.15) is 12.7 Å². The molecule has 2 rings (SSSR count). The molecule has 0 spiro atoms. The SMILES string of the molecule is CC(Cc1ccco1)NS(=O)(=O)c1ccc(Cl)s1. The van der Waals surface area contributed by atoms with Crippen molar-refractivity contribution >= 4 is 33.0 Å². The van der Waals surface area contributed by atoms with Crippen molar-refractivity contribution in [1.82, 2.24) is 4.72 Å². The Kier molecular flexibility index (Phi) is 4.11. The van der Waals surface area contributed by atoms with Gasteiger partial charge in [-0.25, -0.2) is 13.1 Å². The predicted octanol–water partition coefficient (Wildman–Crippen LogP) is 2.90. The Hall–Kier alpha value is -0.820. The molecule has 0 radical (unpaired) electrons. The van der Waals surface area contributed by atoms with Gasteiger partial charge in [0.05, 0.1) is 10.6 Å². The maximum Gasteiger partial charge on any atom is 0.250 e. The molecular formula is C11H12ClNO3S2. The zero-order valence-electron chi connectivity index (χ0n) is 9.59. The second kappa shape index (κ2) is 5.44. The van der Waals surface area contributed by atoms with Crippen molar-refractivity contribution in [2.45, 2.75) is 23.6 Å². The van der Waals surface area contributed by atoms with Gasteiger partial charge in [0.1, 0.15) is 9.97 Å². The molecule has 0 saturated heterocycles. The van der Waals surface area contributed by atoms with E-state index < -0.39 is 10.0 Å². The van der Waals surface area contributed by atoms with E-state index >= 15 is 0 Å². The van der Waals surface area contributed by atoms with E-state index in [0.717, 1.165) is 17.1 Å². The van der Waals surface area contributed by atoms with Crippen LogP contribution >= 0.6 is 22.9 Å². The van der Waals surface area contributed by atoms with Gasteiger partial charge in [0.25, 0.3) is 0 Å². The third kappa shape index (κ3) is 3.35. The lowest BCUT2D eigenvalue weighted by molar-refractivity contribution is 0.479. The van der Waals surface area contributed by atoms with Crippen LogP contribution in [-0.4, -0.2) is 14.5 Å². The summed E-state index contributed by atoms with van der Waals surface area (Å²) in [5.74, 6) is 0.745. The van der Waals surface area contributed by atoms with Gasteiger partial charge in [0.15, 0.2) is 0 Å². The fraction of sp³-hybridized carbons (Fsp3) is 0.273. The van der Waals surface area contributed by atoms with Crippen LogP contribution < -0.4 is 4.72 Å². The lowest BCUT2D eigenvalue weighted by Gasteiger charge is -2.11. The van der Waals surface area contributed by atoms with Crippen molar-refractivity contribution in [2.75, 3.05) is 0 Å². The van der Waals surface area contributed by atoms with Crippen molar-refractivity contribution in [3.05, 3.63) is 40.6 Å². The maximum atomic E-state index is 12.0. The number of sulfonamides is 1. The molecule has 2 heterocycles. The fourth-order valence-electron chi connectivity index (χ4n) is 1.54. The summed E-state index contributed by atoms with van der Waals surface area (Å²) in [6.07, 6.45) is 2.07. The summed E-state index contributed by atoms with van der Waals surface area (Å²) in [5, 5.41) is 0. The summed E-state index contributed by atoms with van der Waals surface area (Å²) in [5.41, 5.74) is 0. The summed E-state index contributed by atoms with van der Waals surface area (Å²) < 4.78 is 32.4. The molecule has 1 unspecified atom stereocenters. The number of thiophene rings is 1. The number of nitrogens with one attached hydrogen (secondary N) is 1. The Morgan fingerprint density at radius 2 is 2.22 bits per heavy atom. The molecule has 0 aliphatic heterocycles. The van der Waals surface area contributed by atoms with E-state index in [1.165, 1.54) is 6.07 Å². The van der Waals surface area contributed by atoms with E-state index in [4.69, 9.17) is 16.0 Å². The number of halogens is 1. The molecule has 0 bridgehead atoms. The van der Waals surface area contributed by atoms with E-state index in [1.54, 1.807) is 25.3 Å². The zero-order chi connectivity index (χ0) is 13.2. The van der Waals surface area contributed by atoms with Gasteiger partial charge in [-0.3, -0.25) is 0 Å². The molecule has 0 aliphatic carbocycles. The van der Waals surface area contributed by atoms with E-state index in [2.05, 4.69) is 4.72 Å². The standard InChI is InChI=1S/C11H12ClNO3S2/c1-8(7-9-3-2-6-16-9)13-18(14,15)11-5-4-10(12)17-11/h2-6,8,13H,7H2,1H3. The molecule has 98 valence electrons. The number of rotatable bonds is 5. The highest BCUT2D eigenvalue weighted by Gasteiger charge is 2.19. The quantitative estimate of drug-likeness (QED) is 0.924. The number of hydrogen-bond donors (Lipinski definition) is 1. The van der Waals surface area contributed by atoms with E-state index in [1.807, 2.05) is 6.07 Å². The molecule has 0 fully saturated rings. The molecule has 2 aromatic heterocycles. The summed E-state index contributed by atoms with van der Waals surface area (Å²) in [6, 6.07) is 6.40. The van der Waals surface area contributed by atoms with E-state index in [-0.39, 0.29) is 10.3 Å². The number of furan rings is 1. The van der Waals surface area contributed by atoms with Crippen molar-refractivity contribution in [3.63, 3.8) is 0 Å². The summed E-state index contributed by atoms with van der Waals surface area (Å²) >= 11 is 6.77. The molecule has 18 heavy (non-hydrogen) atoms. The van der Waals surface area contributed by atoms with Crippen LogP contribution in [0.4, 0.5) is 0 Å². The predicted molar refractivity (Wildman–Crippen MR) is 71.5 cm³/mol. The molecule has 0 aliphatic rings. The van der Waals surface area contributed by atoms with Crippen LogP contribution in [0, 0.1) is 0 Å². The molecule has 2 aromatic rings. The van der Waals surface area contributed by atoms with Crippen LogP contribution in [0.15, 0.2) is 39.2 Å². The van der Waals surface area contributed by atoms with Crippen LogP contribution in [0.5, 0.6) is 0 Å². The minimum atomic E-state index is -3.50. The van der Waals surface area contributed by atoms with Crippen molar-refractivity contribution in [2.24, 2.45) is 0 Å². The van der Waals surface area contributed by atoms with Crippen molar-refractivity contribution < 1.29 is 12.8 Å². The van der Waals surface area contributed by atoms with Gasteiger partial charge in [0.2, 0.25) is 10.0 Å². The summed E-state index contributed by atoms with van der Waals surface area (Å²) in [7, 11) is -3.50. The summed E-state index contributed by atoms with van der Waals surface area (Å²) in [4.78, 5) is 0. The molecule has 0 aromatic carbocycles. The van der Waals surface area contributed by atoms with Gasteiger partial charge in [-0.2, -0.15) is 0 Å². The molecule has 1 atom stereocenters. The average molecular weight is 306 g/mol. The largest absolute Gasteiger partial charge is 0.469 e. The lowest BCUT2D eigenvalue weighted by atomic mass is 10.2. The van der Waals surface area contributed by atoms with Crippen LogP contribution in [-0.2, 0) is 16.4 Å². The Morgan fingerprint density at radius 1 is 1.44 bits per heavy atom. The van der Waals surface area contributed by atoms with Crippen LogP contribution in [0.25, 0.3) is 0 Å². The van der Waals surface area contributed by atoms with Gasteiger partial charge in [0, 0.05) is 12.5 Å². The van der Waals surface area contributed by atoms with Crippen molar-refractivity contribution in [1.29, 1.82) is 0 Å². The van der Waals surface area contributed by atoms with Gasteiger partial charge in [-0.15, -0.1) is 11.3 Å². The normalized spacial score (nSPS) is 13.7. The molecular weight excluding hydrogens is 294 g/mol. The minimum absolute atomic E-state index is 0.221. The molecule has 4 nitrogen and oxygen atoms in total. The van der Waals surface area contributed by atoms with Gasteiger partial charge in [-0.05, 0) is 31.2 Å². The second-order valence-corrected chi connectivity index (χ2v) is 7.52. The first-order chi connectivity index (χ1) is 8.47. The Labute approximate surface area is 115 Å². The topological polar surface area (TPSA) is 59.3 Å². The smallest absolute Gasteiger partial charge is 0.250 e. The highest BCUT2D eigenvalue weighted by Crippen LogP contribution is 2.25. The van der Waals surface area contributed by atoms with E-state index in [9.17, 15) is 8.42 Å². The zero-order valence-corrected chi connectivity index (χ0v) is 12.0. The number of hydrogen-bond acceptors (Lipinski definition) is 4. The fourth-order valence-corrected chi connectivity index (χ4v) is 4.28. The summed E-state index contributed by atoms with van der Waals surface area (Å²) in [6.45, 7) is 1.79. The third-order valence-corrected chi connectivity index (χ3v) is 5.57. The monoisotopic (exact) mass is 305 g/mol. The molecule has 1 N–H and O–H groups in total. The van der Waals surface area contributed by atoms with Gasteiger partial charge in [-0.1, -0.05) is 11.6 Å². The Balaban J connectivity index is 2.04. The minimum Gasteiger partial charge on any atom is -0.469 e. The van der Waals surface area contributed by atoms with Gasteiger partial charge < -0.3 is 4.42 Å². The van der Waals surface area contributed by atoms with Gasteiger partial charge >= 0.3 is 0 Å². The highest BCUT2D eigenvalue weighted by atomic mass is 35.5. The first-order valence-corrected chi connectivity index (χ1v) is 7.95. The first kappa shape index (κ1) is 13.6. The van der Waals surface area contributed by atoms with Crippen LogP contribution in [0.2, 0.25) is 4.34 Å². The molecule has 0 saturated carbocycles. The third-order valence-electron chi connectivity index (χ3n) is 2.26. The molecule has 7 heteroatoms. The highest BCUT2D eigenvalue weighted by molar-refractivity contribution is 7.91. The maximum absolute atomic E-state index is 12.0. The first-order valence-electron chi connectivity index (χ1n) is 5.27. The van der Waals surface area contributed by atoms with E-state index in [0.29, 0.717) is 10.8 Å². The Morgan fingerprint density at radius 3 is 2.78 bits per heavy atom. The average Bonchev–Trinajstić information content (AvgIpc) is 2.88. The van der Waals surface area contributed by atoms with Crippen LogP contribution in [0.3, 0.4) is 0 Å². The van der Waals surface area contributed by atoms with Crippen molar-refractivity contribution in [3.8, 4) is 0 Å². The second-order valence-electron chi connectivity index (χ2n) is 3.86. The molecule has 0 amide bonds. The lowest BCUT2D eigenvalue weighted by Crippen LogP contribution is -2.33.